The number of benzene rings is 1. The van der Waals surface area contributed by atoms with Crippen LogP contribution in [0.2, 0.25) is 0 Å². The van der Waals surface area contributed by atoms with Gasteiger partial charge in [0, 0.05) is 93.4 Å². The van der Waals surface area contributed by atoms with Crippen LogP contribution >= 0.6 is 0 Å². The lowest BCUT2D eigenvalue weighted by Gasteiger charge is -2.34. The number of rotatable bonds is 52. The zero-order chi connectivity index (χ0) is 88.6. The molecule has 0 spiro atoms. The lowest BCUT2D eigenvalue weighted by atomic mass is 9.86. The number of cyclic esters (lactones) is 1. The maximum absolute atomic E-state index is 14.8. The number of carbonyl (C=O) groups excluding carboxylic acids is 11. The van der Waals surface area contributed by atoms with Gasteiger partial charge < -0.3 is 152 Å². The molecule has 10 amide bonds. The van der Waals surface area contributed by atoms with Crippen LogP contribution in [-0.2, 0) is 96.9 Å². The number of esters is 1. The first kappa shape index (κ1) is 97.8. The third-order valence-electron chi connectivity index (χ3n) is 20.7. The Hall–Kier alpha value is -9.27. The lowest BCUT2D eigenvalue weighted by molar-refractivity contribution is -0.172. The molecule has 0 saturated carbocycles. The van der Waals surface area contributed by atoms with Crippen molar-refractivity contribution in [2.24, 2.45) is 5.92 Å². The van der Waals surface area contributed by atoms with E-state index in [1.807, 2.05) is 0 Å². The molecule has 16 atom stereocenters. The molecule has 24 N–H and O–H groups in total. The van der Waals surface area contributed by atoms with Crippen molar-refractivity contribution in [1.82, 2.24) is 51.7 Å². The molecule has 3 aromatic rings. The van der Waals surface area contributed by atoms with Gasteiger partial charge in [-0.2, -0.15) is 0 Å². The topological polar surface area (TPSA) is 692 Å². The SMILES string of the molecule is CC[C@@]1(O)C(=O)OCc2c1cc1n(c2=O)Cc2c-1nc1ccc(NC(=O)[C@H](C)NC(=O)[C@@H](NC(=O)[C@H](CCC(=O)NC(COCCC(=O)NC[C@H](O)[C@@H](O)[C@H](O)[C@H](O)CO)(COCCC(=O)NC[C@H](O)[C@@H](O)[C@H](O)[C@H](O)CO)COCCC(=O)NC[C@H](O)[C@@H](O)[C@H](O)[C@H](O)CO)NC(=O)CCCCCN3C(=O)C=CC3=O)C(C)C)c3c1c2CCO3. The first-order valence-corrected chi connectivity index (χ1v) is 39.2. The Kier molecular flexibility index (Phi) is 37.2. The summed E-state index contributed by atoms with van der Waals surface area (Å²) in [5.41, 5.74) is -1.40. The second-order valence-corrected chi connectivity index (χ2v) is 30.1. The molecule has 4 aliphatic heterocycles. The number of fused-ring (bicyclic) bond motifs is 5. The third-order valence-corrected chi connectivity index (χ3v) is 20.7. The van der Waals surface area contributed by atoms with E-state index in [4.69, 9.17) is 28.7 Å². The lowest BCUT2D eigenvalue weighted by Crippen LogP contribution is -2.59. The first-order chi connectivity index (χ1) is 56.9. The highest BCUT2D eigenvalue weighted by Gasteiger charge is 2.47. The van der Waals surface area contributed by atoms with Crippen LogP contribution in [-0.4, -0.2) is 350 Å². The molecular formula is C76H111N11O33. The number of amides is 10. The number of anilines is 1. The number of aliphatic hydroxyl groups is 16. The summed E-state index contributed by atoms with van der Waals surface area (Å²) < 4.78 is 30.6. The molecule has 44 nitrogen and oxygen atoms in total. The molecule has 0 aliphatic carbocycles. The number of unbranched alkanes of at least 4 members (excludes halogenated alkanes) is 2. The van der Waals surface area contributed by atoms with Crippen LogP contribution in [0.25, 0.3) is 22.3 Å². The predicted octanol–water partition coefficient (Wildman–Crippen LogP) is -9.92. The average Bonchev–Trinajstić information content (AvgIpc) is 1.52. The van der Waals surface area contributed by atoms with Gasteiger partial charge in [0.05, 0.1) is 119 Å². The Morgan fingerprint density at radius 3 is 1.57 bits per heavy atom. The summed E-state index contributed by atoms with van der Waals surface area (Å²) >= 11 is 0. The van der Waals surface area contributed by atoms with E-state index in [-0.39, 0.29) is 74.6 Å². The van der Waals surface area contributed by atoms with Gasteiger partial charge in [-0.05, 0) is 62.3 Å². The summed E-state index contributed by atoms with van der Waals surface area (Å²) in [7, 11) is 0. The average molecular weight is 1710 g/mol. The quantitative estimate of drug-likeness (QED) is 0.0111. The highest BCUT2D eigenvalue weighted by Crippen LogP contribution is 2.45. The van der Waals surface area contributed by atoms with E-state index in [0.717, 1.165) is 22.6 Å². The minimum atomic E-state index is -2.06. The largest absolute Gasteiger partial charge is 0.490 e. The van der Waals surface area contributed by atoms with Gasteiger partial charge in [-0.25, -0.2) is 9.78 Å². The van der Waals surface area contributed by atoms with Crippen LogP contribution in [0.4, 0.5) is 5.69 Å². The standard InChI is InChI=1S/C76H111N11O33/c1-5-76(115)42-25-46-62-40(29-87(46)73(113)41(42)33-120-74(76)114)39-16-24-119-69-44(11-10-43(82-62)60(39)69)83-70(110)38(4)80-72(112)61(37(2)3)84-71(111)45(81-56(100)9-7-6-8-20-86-58(102)14-15-59(86)103)12-13-57(101)85-75(34-116-21-17-53(97)77-26-47(91)63(104)66(107)50(94)30-88,35-117-22-18-54(98)78-27-48(92)64(105)67(108)51(95)31-89)36-118-23-19-55(99)79-28-49(93)65(106)68(109)52(96)32-90/h10-11,14-15,25,37-38,45,47-52,61,63-68,88-96,104-109,115H,5-9,12-13,16-24,26-36H2,1-4H3,(H,77,97)(H,78,98)(H,79,99)(H,80,112)(H,81,100)(H,83,110)(H,84,111)(H,85,101)/t38-,45-,47-,48-,49-,50+,51+,52+,61-,63+,64+,65+,66+,67+,68+,76-/m0/s1. The van der Waals surface area contributed by atoms with Crippen molar-refractivity contribution in [3.8, 4) is 17.1 Å². The Balaban J connectivity index is 1.10. The summed E-state index contributed by atoms with van der Waals surface area (Å²) in [6.45, 7) is -2.85. The van der Waals surface area contributed by atoms with E-state index in [2.05, 4.69) is 42.5 Å². The van der Waals surface area contributed by atoms with Gasteiger partial charge in [0.2, 0.25) is 47.3 Å². The van der Waals surface area contributed by atoms with Crippen LogP contribution in [0.3, 0.4) is 0 Å². The fraction of sp³-hybridized carbons (Fsp3) is 0.645. The fourth-order valence-corrected chi connectivity index (χ4v) is 13.5. The number of ether oxygens (including phenoxy) is 5. The van der Waals surface area contributed by atoms with Gasteiger partial charge >= 0.3 is 5.97 Å². The molecule has 0 radical (unpaired) electrons. The van der Waals surface area contributed by atoms with E-state index in [9.17, 15) is 139 Å². The molecule has 120 heavy (non-hydrogen) atoms. The summed E-state index contributed by atoms with van der Waals surface area (Å²) in [4.78, 5) is 168. The van der Waals surface area contributed by atoms with Crippen molar-refractivity contribution in [2.75, 3.05) is 97.6 Å². The summed E-state index contributed by atoms with van der Waals surface area (Å²) in [6, 6.07) is 0.258. The third kappa shape index (κ3) is 25.7. The molecule has 2 aromatic heterocycles. The minimum Gasteiger partial charge on any atom is -0.490 e. The van der Waals surface area contributed by atoms with Crippen LogP contribution in [0.5, 0.6) is 5.75 Å². The molecule has 7 rings (SSSR count). The number of carbonyl (C=O) groups is 11. The molecule has 0 unspecified atom stereocenters. The second-order valence-electron chi connectivity index (χ2n) is 30.1. The van der Waals surface area contributed by atoms with Gasteiger partial charge in [-0.3, -0.25) is 57.6 Å². The molecule has 0 fully saturated rings. The minimum absolute atomic E-state index is 0.0309. The van der Waals surface area contributed by atoms with Gasteiger partial charge in [-0.1, -0.05) is 27.2 Å². The number of aromatic nitrogens is 2. The van der Waals surface area contributed by atoms with Crippen LogP contribution < -0.4 is 52.8 Å². The van der Waals surface area contributed by atoms with E-state index < -0.39 is 290 Å². The van der Waals surface area contributed by atoms with Crippen LogP contribution in [0.1, 0.15) is 114 Å². The number of aliphatic hydroxyl groups excluding tert-OH is 15. The first-order valence-electron chi connectivity index (χ1n) is 39.2. The van der Waals surface area contributed by atoms with Gasteiger partial charge in [-0.15, -0.1) is 0 Å². The van der Waals surface area contributed by atoms with Crippen molar-refractivity contribution < 1.29 is 158 Å². The normalized spacial score (nSPS) is 18.6. The molecule has 668 valence electrons. The Morgan fingerprint density at radius 1 is 0.575 bits per heavy atom. The molecule has 0 bridgehead atoms. The van der Waals surface area contributed by atoms with Crippen LogP contribution in [0, 0.1) is 5.92 Å². The maximum atomic E-state index is 14.8. The Labute approximate surface area is 686 Å². The van der Waals surface area contributed by atoms with E-state index in [0.29, 0.717) is 40.7 Å². The molecule has 44 heteroatoms. The molecule has 0 saturated heterocycles. The fourth-order valence-electron chi connectivity index (χ4n) is 13.5. The number of imide groups is 1. The molecule has 6 heterocycles. The summed E-state index contributed by atoms with van der Waals surface area (Å²) in [5, 5.41) is 181. The monoisotopic (exact) mass is 1710 g/mol. The maximum Gasteiger partial charge on any atom is 0.343 e. The van der Waals surface area contributed by atoms with E-state index in [1.165, 1.54) is 17.6 Å². The molecular weight excluding hydrogens is 1590 g/mol. The zero-order valence-corrected chi connectivity index (χ0v) is 66.7. The highest BCUT2D eigenvalue weighted by molar-refractivity contribution is 6.13. The van der Waals surface area contributed by atoms with Crippen molar-refractivity contribution in [2.45, 2.75) is 214 Å². The number of nitrogens with zero attached hydrogens (tertiary/aromatic N) is 3. The summed E-state index contributed by atoms with van der Waals surface area (Å²) in [6.07, 6.45) is -23.4. The van der Waals surface area contributed by atoms with Crippen molar-refractivity contribution in [1.29, 1.82) is 0 Å². The van der Waals surface area contributed by atoms with E-state index >= 15 is 0 Å². The molecule has 1 aromatic carbocycles. The van der Waals surface area contributed by atoms with Gasteiger partial charge in [0.25, 0.3) is 17.4 Å². The van der Waals surface area contributed by atoms with Crippen molar-refractivity contribution in [3.63, 3.8) is 0 Å². The smallest absolute Gasteiger partial charge is 0.343 e. The Morgan fingerprint density at radius 2 is 1.08 bits per heavy atom. The number of hydrogen-bond donors (Lipinski definition) is 24. The Bertz CT molecular complexity index is 4040. The van der Waals surface area contributed by atoms with Crippen LogP contribution in [0.15, 0.2) is 35.1 Å². The summed E-state index contributed by atoms with van der Waals surface area (Å²) in [5.74, 6) is -9.38. The second kappa shape index (κ2) is 45.6. The van der Waals surface area contributed by atoms with Gasteiger partial charge in [0.1, 0.15) is 85.2 Å². The zero-order valence-electron chi connectivity index (χ0n) is 66.7. The van der Waals surface area contributed by atoms with E-state index in [1.54, 1.807) is 32.9 Å². The van der Waals surface area contributed by atoms with Crippen molar-refractivity contribution in [3.05, 3.63) is 63.0 Å². The highest BCUT2D eigenvalue weighted by atomic mass is 16.6. The van der Waals surface area contributed by atoms with Crippen molar-refractivity contribution >= 4 is 81.6 Å². The number of hydrogen-bond acceptors (Lipinski definition) is 34. The molecule has 4 aliphatic rings. The number of pyridine rings is 2. The van der Waals surface area contributed by atoms with Gasteiger partial charge in [0.15, 0.2) is 11.4 Å². The predicted molar refractivity (Wildman–Crippen MR) is 412 cm³/mol. The number of nitrogens with one attached hydrogen (secondary N) is 8.